The van der Waals surface area contributed by atoms with Crippen molar-refractivity contribution in [3.05, 3.63) is 86.7 Å². The third-order valence-electron chi connectivity index (χ3n) is 5.45. The van der Waals surface area contributed by atoms with Crippen LogP contribution in [0.15, 0.2) is 47.3 Å². The van der Waals surface area contributed by atoms with Gasteiger partial charge in [0, 0.05) is 18.1 Å². The molecule has 0 unspecified atom stereocenters. The summed E-state index contributed by atoms with van der Waals surface area (Å²) in [5, 5.41) is 4.25. The van der Waals surface area contributed by atoms with E-state index in [1.807, 2.05) is 0 Å². The van der Waals surface area contributed by atoms with E-state index in [1.165, 1.54) is 30.3 Å². The molecule has 0 spiro atoms. The maximum absolute atomic E-state index is 14.8. The number of halogens is 3. The van der Waals surface area contributed by atoms with Crippen LogP contribution in [0.3, 0.4) is 0 Å². The van der Waals surface area contributed by atoms with Crippen molar-refractivity contribution in [1.82, 2.24) is 19.3 Å². The fourth-order valence-electron chi connectivity index (χ4n) is 3.87. The third-order valence-corrected chi connectivity index (χ3v) is 6.50. The Kier molecular flexibility index (Phi) is 5.24. The van der Waals surface area contributed by atoms with Crippen molar-refractivity contribution < 1.29 is 22.7 Å². The summed E-state index contributed by atoms with van der Waals surface area (Å²) in [5.41, 5.74) is 5.05. The number of nitrogens with zero attached hydrogens (tertiary/aromatic N) is 4. The Balaban J connectivity index is 1.49. The molecule has 2 aromatic carbocycles. The molecule has 1 aliphatic rings. The highest BCUT2D eigenvalue weighted by molar-refractivity contribution is 7.15. The van der Waals surface area contributed by atoms with Gasteiger partial charge in [-0.3, -0.25) is 9.36 Å². The molecule has 174 valence electrons. The van der Waals surface area contributed by atoms with Crippen molar-refractivity contribution in [2.75, 3.05) is 0 Å². The number of amides is 1. The molecule has 12 heteroatoms. The number of aromatic nitrogens is 4. The summed E-state index contributed by atoms with van der Waals surface area (Å²) in [5.74, 6) is -2.45. The van der Waals surface area contributed by atoms with Gasteiger partial charge in [0.05, 0.1) is 17.4 Å². The molecule has 2 atom stereocenters. The maximum Gasteiger partial charge on any atom is 0.351 e. The predicted molar refractivity (Wildman–Crippen MR) is 116 cm³/mol. The van der Waals surface area contributed by atoms with Crippen LogP contribution in [0.25, 0.3) is 5.69 Å². The van der Waals surface area contributed by atoms with Gasteiger partial charge >= 0.3 is 5.69 Å². The fourth-order valence-corrected chi connectivity index (χ4v) is 4.66. The zero-order valence-electron chi connectivity index (χ0n) is 17.5. The van der Waals surface area contributed by atoms with Crippen molar-refractivity contribution in [1.29, 1.82) is 0 Å². The Morgan fingerprint density at radius 3 is 2.65 bits per heavy atom. The molecule has 8 nitrogen and oxygen atoms in total. The molecule has 34 heavy (non-hydrogen) atoms. The molecule has 4 aromatic rings. The molecular weight excluding hydrogens is 471 g/mol. The van der Waals surface area contributed by atoms with Crippen LogP contribution in [-0.2, 0) is 0 Å². The Bertz CT molecular complexity index is 1500. The van der Waals surface area contributed by atoms with Crippen molar-refractivity contribution in [3.8, 4) is 16.5 Å². The highest BCUT2D eigenvalue weighted by Gasteiger charge is 2.38. The van der Waals surface area contributed by atoms with Gasteiger partial charge in [0.25, 0.3) is 5.91 Å². The number of rotatable bonds is 5. The lowest BCUT2D eigenvalue weighted by molar-refractivity contribution is 0.0999. The van der Waals surface area contributed by atoms with Crippen molar-refractivity contribution in [2.45, 2.75) is 25.6 Å². The highest BCUT2D eigenvalue weighted by Crippen LogP contribution is 2.39. The van der Waals surface area contributed by atoms with E-state index in [0.717, 1.165) is 26.7 Å². The van der Waals surface area contributed by atoms with E-state index in [1.54, 1.807) is 13.0 Å². The normalized spacial score (nSPS) is 17.1. The van der Waals surface area contributed by atoms with E-state index in [0.29, 0.717) is 5.69 Å². The Hall–Kier alpha value is -3.93. The zero-order chi connectivity index (χ0) is 24.1. The third kappa shape index (κ3) is 3.55. The lowest BCUT2D eigenvalue weighted by Gasteiger charge is -2.13. The number of carbonyl (C=O) groups is 1. The average Bonchev–Trinajstić information content (AvgIpc) is 3.44. The molecule has 1 aliphatic heterocycles. The average molecular weight is 487 g/mol. The zero-order valence-corrected chi connectivity index (χ0v) is 18.4. The summed E-state index contributed by atoms with van der Waals surface area (Å²) < 4.78 is 51.3. The number of aryl methyl sites for hydroxylation is 1. The molecule has 5 rings (SSSR count). The smallest absolute Gasteiger partial charge is 0.351 e. The fraction of sp³-hybridized carbons (Fsp3) is 0.182. The van der Waals surface area contributed by atoms with Gasteiger partial charge in [-0.25, -0.2) is 22.9 Å². The van der Waals surface area contributed by atoms with Gasteiger partial charge < -0.3 is 10.5 Å². The molecule has 0 fully saturated rings. The van der Waals surface area contributed by atoms with E-state index in [4.69, 9.17) is 10.5 Å². The molecule has 1 amide bonds. The van der Waals surface area contributed by atoms with Crippen molar-refractivity contribution >= 4 is 17.2 Å². The number of alkyl halides is 1. The summed E-state index contributed by atoms with van der Waals surface area (Å²) in [6.45, 7) is 1.58. The molecule has 0 bridgehead atoms. The molecule has 0 aliphatic carbocycles. The van der Waals surface area contributed by atoms with Gasteiger partial charge in [-0.1, -0.05) is 29.5 Å². The van der Waals surface area contributed by atoms with Crippen LogP contribution in [0.2, 0.25) is 0 Å². The first kappa shape index (κ1) is 21.9. The van der Waals surface area contributed by atoms with Crippen LogP contribution in [0.4, 0.5) is 13.2 Å². The molecule has 0 saturated carbocycles. The van der Waals surface area contributed by atoms with E-state index in [2.05, 4.69) is 10.1 Å². The first-order valence-corrected chi connectivity index (χ1v) is 10.9. The minimum absolute atomic E-state index is 0.0220. The minimum atomic E-state index is -1.58. The maximum atomic E-state index is 14.8. The quantitative estimate of drug-likeness (QED) is 0.459. The monoisotopic (exact) mass is 487 g/mol. The topological polar surface area (TPSA) is 105 Å². The van der Waals surface area contributed by atoms with E-state index < -0.39 is 35.4 Å². The SMILES string of the molecule is Cc1nc(C(N)=O)sc1Oc1ccc(-n2nc3n(c2=O)[C@H](c2ccccc2F)C[C@@H]3F)cc1F. The van der Waals surface area contributed by atoms with Crippen LogP contribution < -0.4 is 16.2 Å². The van der Waals surface area contributed by atoms with Crippen molar-refractivity contribution in [2.24, 2.45) is 5.73 Å². The van der Waals surface area contributed by atoms with Gasteiger partial charge in [-0.2, -0.15) is 4.68 Å². The number of carbonyl (C=O) groups excluding carboxylic acids is 1. The second-order valence-electron chi connectivity index (χ2n) is 7.64. The second kappa shape index (κ2) is 8.13. The van der Waals surface area contributed by atoms with Gasteiger partial charge in [0.15, 0.2) is 28.6 Å². The Morgan fingerprint density at radius 2 is 1.97 bits per heavy atom. The number of nitrogens with two attached hydrogens (primary N) is 1. The van der Waals surface area contributed by atoms with Gasteiger partial charge in [-0.15, -0.1) is 5.10 Å². The summed E-state index contributed by atoms with van der Waals surface area (Å²) >= 11 is 0.872. The summed E-state index contributed by atoms with van der Waals surface area (Å²) in [4.78, 5) is 28.3. The number of benzene rings is 2. The number of hydrogen-bond donors (Lipinski definition) is 1. The standard InChI is InChI=1S/C22H16F3N5O3S/c1-10-21(34-20(27-10)18(26)31)33-17-7-6-11(8-14(17)24)30-22(32)29-16(9-15(25)19(29)28-30)12-4-2-3-5-13(12)23/h2-8,15-16H,9H2,1H3,(H2,26,31)/t15-,16-/m0/s1. The number of ether oxygens (including phenoxy) is 1. The van der Waals surface area contributed by atoms with Crippen LogP contribution >= 0.6 is 11.3 Å². The lowest BCUT2D eigenvalue weighted by atomic mass is 10.0. The van der Waals surface area contributed by atoms with Crippen molar-refractivity contribution in [3.63, 3.8) is 0 Å². The minimum Gasteiger partial charge on any atom is -0.442 e. The second-order valence-corrected chi connectivity index (χ2v) is 8.60. The Labute approximate surface area is 194 Å². The molecule has 2 N–H and O–H groups in total. The van der Waals surface area contributed by atoms with E-state index in [-0.39, 0.29) is 39.3 Å². The highest BCUT2D eigenvalue weighted by atomic mass is 32.1. The predicted octanol–water partition coefficient (Wildman–Crippen LogP) is 3.97. The van der Waals surface area contributed by atoms with E-state index in [9.17, 15) is 22.8 Å². The van der Waals surface area contributed by atoms with Crippen LogP contribution in [-0.4, -0.2) is 25.2 Å². The number of fused-ring (bicyclic) bond motifs is 1. The first-order chi connectivity index (χ1) is 16.2. The number of thiazole rings is 1. The van der Waals surface area contributed by atoms with Crippen LogP contribution in [0, 0.1) is 18.6 Å². The molecule has 2 aromatic heterocycles. The largest absolute Gasteiger partial charge is 0.442 e. The van der Waals surface area contributed by atoms with Gasteiger partial charge in [0.2, 0.25) is 5.06 Å². The molecular formula is C22H16F3N5O3S. The summed E-state index contributed by atoms with van der Waals surface area (Å²) in [6.07, 6.45) is -1.71. The first-order valence-electron chi connectivity index (χ1n) is 10.1. The molecule has 0 radical (unpaired) electrons. The lowest BCUT2D eigenvalue weighted by Crippen LogP contribution is -2.26. The van der Waals surface area contributed by atoms with Crippen LogP contribution in [0.1, 0.15) is 45.5 Å². The molecule has 3 heterocycles. The number of hydrogen-bond acceptors (Lipinski definition) is 6. The van der Waals surface area contributed by atoms with Gasteiger partial charge in [0.1, 0.15) is 5.82 Å². The molecule has 0 saturated heterocycles. The summed E-state index contributed by atoms with van der Waals surface area (Å²) in [6, 6.07) is 8.62. The van der Waals surface area contributed by atoms with E-state index >= 15 is 0 Å². The van der Waals surface area contributed by atoms with Crippen LogP contribution in [0.5, 0.6) is 10.8 Å². The van der Waals surface area contributed by atoms with Gasteiger partial charge in [-0.05, 0) is 25.1 Å². The summed E-state index contributed by atoms with van der Waals surface area (Å²) in [7, 11) is 0. The number of primary amides is 1. The Morgan fingerprint density at radius 1 is 1.21 bits per heavy atom.